The van der Waals surface area contributed by atoms with Crippen LogP contribution >= 0.6 is 12.2 Å². The summed E-state index contributed by atoms with van der Waals surface area (Å²) in [5.74, 6) is 0. The second-order valence-corrected chi connectivity index (χ2v) is 5.50. The van der Waals surface area contributed by atoms with E-state index in [-0.39, 0.29) is 5.41 Å². The monoisotopic (exact) mass is 267 g/mol. The van der Waals surface area contributed by atoms with E-state index in [9.17, 15) is 0 Å². The lowest BCUT2D eigenvalue weighted by Crippen LogP contribution is -2.24. The molecule has 0 unspecified atom stereocenters. The van der Waals surface area contributed by atoms with Crippen molar-refractivity contribution in [3.63, 3.8) is 0 Å². The second-order valence-electron chi connectivity index (χ2n) is 5.06. The van der Waals surface area contributed by atoms with Crippen LogP contribution in [0.1, 0.15) is 26.0 Å². The molecule has 0 aliphatic heterocycles. The molecule has 0 aliphatic rings. The highest BCUT2D eigenvalue weighted by molar-refractivity contribution is 7.80. The van der Waals surface area contributed by atoms with Gasteiger partial charge in [-0.2, -0.15) is 0 Å². The molecule has 0 saturated heterocycles. The number of ether oxygens (including phenoxy) is 1. The van der Waals surface area contributed by atoms with Crippen LogP contribution in [0.2, 0.25) is 0 Å². The number of pyridine rings is 1. The number of anilines is 1. The molecule has 0 atom stereocenters. The highest BCUT2D eigenvalue weighted by Crippen LogP contribution is 2.21. The van der Waals surface area contributed by atoms with Crippen molar-refractivity contribution in [2.24, 2.45) is 11.1 Å². The average molecular weight is 267 g/mol. The van der Waals surface area contributed by atoms with E-state index in [0.29, 0.717) is 10.7 Å². The van der Waals surface area contributed by atoms with E-state index in [4.69, 9.17) is 22.7 Å². The van der Waals surface area contributed by atoms with Crippen molar-refractivity contribution in [1.82, 2.24) is 4.98 Å². The molecule has 1 aromatic rings. The van der Waals surface area contributed by atoms with E-state index < -0.39 is 0 Å². The number of nitrogens with one attached hydrogen (secondary N) is 1. The first-order valence-corrected chi connectivity index (χ1v) is 6.34. The number of hydrogen-bond donors (Lipinski definition) is 2. The minimum absolute atomic E-state index is 0.178. The first-order chi connectivity index (χ1) is 8.44. The van der Waals surface area contributed by atoms with Crippen LogP contribution in [0.25, 0.3) is 0 Å². The van der Waals surface area contributed by atoms with Crippen LogP contribution in [0.3, 0.4) is 0 Å². The van der Waals surface area contributed by atoms with Gasteiger partial charge in [0.2, 0.25) is 0 Å². The zero-order chi connectivity index (χ0) is 13.6. The predicted octanol–water partition coefficient (Wildman–Crippen LogP) is 2.19. The third-order valence-corrected chi connectivity index (χ3v) is 2.98. The van der Waals surface area contributed by atoms with Crippen LogP contribution in [0.5, 0.6) is 0 Å². The quantitative estimate of drug-likeness (QED) is 0.742. The fraction of sp³-hybridized carbons (Fsp3) is 0.538. The minimum Gasteiger partial charge on any atom is -0.388 e. The van der Waals surface area contributed by atoms with Crippen LogP contribution in [-0.4, -0.2) is 30.2 Å². The number of methoxy groups -OCH3 is 1. The van der Waals surface area contributed by atoms with Gasteiger partial charge in [-0.3, -0.25) is 4.98 Å². The fourth-order valence-electron chi connectivity index (χ4n) is 1.45. The largest absolute Gasteiger partial charge is 0.388 e. The molecule has 1 heterocycles. The van der Waals surface area contributed by atoms with Gasteiger partial charge >= 0.3 is 0 Å². The van der Waals surface area contributed by atoms with Gasteiger partial charge in [-0.1, -0.05) is 26.1 Å². The maximum atomic E-state index is 5.50. The number of rotatable bonds is 7. The summed E-state index contributed by atoms with van der Waals surface area (Å²) >= 11 is 4.86. The maximum Gasteiger partial charge on any atom is 0.122 e. The minimum atomic E-state index is 0.178. The number of aromatic nitrogens is 1. The maximum absolute atomic E-state index is 5.50. The van der Waals surface area contributed by atoms with E-state index >= 15 is 0 Å². The third-order valence-electron chi connectivity index (χ3n) is 2.77. The van der Waals surface area contributed by atoms with E-state index in [1.807, 2.05) is 12.1 Å². The molecule has 0 radical (unpaired) electrons. The summed E-state index contributed by atoms with van der Waals surface area (Å²) in [6, 6.07) is 3.76. The Labute approximate surface area is 114 Å². The first-order valence-electron chi connectivity index (χ1n) is 5.93. The summed E-state index contributed by atoms with van der Waals surface area (Å²) in [7, 11) is 1.72. The van der Waals surface area contributed by atoms with Crippen molar-refractivity contribution >= 4 is 22.9 Å². The van der Waals surface area contributed by atoms with Crippen LogP contribution < -0.4 is 11.1 Å². The summed E-state index contributed by atoms with van der Waals surface area (Å²) in [4.78, 5) is 4.51. The molecule has 1 rings (SSSR count). The number of thiocarbonyl (C=S) groups is 1. The van der Waals surface area contributed by atoms with Crippen LogP contribution in [0, 0.1) is 5.41 Å². The summed E-state index contributed by atoms with van der Waals surface area (Å²) in [5, 5.41) is 3.36. The van der Waals surface area contributed by atoms with Crippen molar-refractivity contribution in [3.05, 3.63) is 24.0 Å². The smallest absolute Gasteiger partial charge is 0.122 e. The molecule has 0 spiro atoms. The van der Waals surface area contributed by atoms with Crippen LogP contribution in [0.4, 0.5) is 5.69 Å². The number of hydrogen-bond acceptors (Lipinski definition) is 4. The molecule has 0 aromatic carbocycles. The Balaban J connectivity index is 2.50. The molecule has 0 fully saturated rings. The molecule has 18 heavy (non-hydrogen) atoms. The van der Waals surface area contributed by atoms with Crippen molar-refractivity contribution in [2.75, 3.05) is 25.6 Å². The van der Waals surface area contributed by atoms with Crippen molar-refractivity contribution < 1.29 is 4.74 Å². The molecular weight excluding hydrogens is 246 g/mol. The van der Waals surface area contributed by atoms with E-state index in [0.717, 1.165) is 25.3 Å². The fourth-order valence-corrected chi connectivity index (χ4v) is 1.57. The van der Waals surface area contributed by atoms with Gasteiger partial charge in [0, 0.05) is 20.3 Å². The van der Waals surface area contributed by atoms with Gasteiger partial charge in [-0.05, 0) is 24.0 Å². The summed E-state index contributed by atoms with van der Waals surface area (Å²) in [6.45, 7) is 6.05. The van der Waals surface area contributed by atoms with Crippen molar-refractivity contribution in [1.29, 1.82) is 0 Å². The SMILES string of the molecule is COCCC(C)(C)CNc1ccc(C(N)=S)nc1. The standard InChI is InChI=1S/C13H21N3OS/c1-13(2,6-7-17-3)9-16-10-4-5-11(12(14)18)15-8-10/h4-5,8,16H,6-7,9H2,1-3H3,(H2,14,18). The first kappa shape index (κ1) is 14.9. The molecule has 4 nitrogen and oxygen atoms in total. The zero-order valence-electron chi connectivity index (χ0n) is 11.2. The van der Waals surface area contributed by atoms with Crippen molar-refractivity contribution in [2.45, 2.75) is 20.3 Å². The molecule has 0 amide bonds. The van der Waals surface area contributed by atoms with E-state index in [1.54, 1.807) is 13.3 Å². The molecule has 0 aliphatic carbocycles. The Morgan fingerprint density at radius 2 is 2.22 bits per heavy atom. The van der Waals surface area contributed by atoms with Crippen LogP contribution in [0.15, 0.2) is 18.3 Å². The number of nitrogens with two attached hydrogens (primary N) is 1. The van der Waals surface area contributed by atoms with Gasteiger partial charge in [-0.25, -0.2) is 0 Å². The molecule has 5 heteroatoms. The molecule has 100 valence electrons. The van der Waals surface area contributed by atoms with Gasteiger partial charge in [0.25, 0.3) is 0 Å². The van der Waals surface area contributed by atoms with E-state index in [1.165, 1.54) is 0 Å². The van der Waals surface area contributed by atoms with Gasteiger partial charge in [0.15, 0.2) is 0 Å². The second kappa shape index (κ2) is 6.66. The molecule has 1 aromatic heterocycles. The molecule has 0 bridgehead atoms. The Kier molecular flexibility index (Phi) is 5.50. The van der Waals surface area contributed by atoms with E-state index in [2.05, 4.69) is 24.1 Å². The summed E-state index contributed by atoms with van der Waals surface area (Å²) in [6.07, 6.45) is 2.76. The summed E-state index contributed by atoms with van der Waals surface area (Å²) in [5.41, 5.74) is 7.30. The lowest BCUT2D eigenvalue weighted by atomic mass is 9.89. The van der Waals surface area contributed by atoms with Gasteiger partial charge in [0.1, 0.15) is 4.99 Å². The Morgan fingerprint density at radius 3 is 2.72 bits per heavy atom. The third kappa shape index (κ3) is 4.98. The van der Waals surface area contributed by atoms with Gasteiger partial charge < -0.3 is 15.8 Å². The van der Waals surface area contributed by atoms with Crippen LogP contribution in [-0.2, 0) is 4.74 Å². The zero-order valence-corrected chi connectivity index (χ0v) is 12.0. The lowest BCUT2D eigenvalue weighted by Gasteiger charge is -2.25. The summed E-state index contributed by atoms with van der Waals surface area (Å²) < 4.78 is 5.10. The normalized spacial score (nSPS) is 11.3. The Morgan fingerprint density at radius 1 is 1.50 bits per heavy atom. The Bertz CT molecular complexity index is 390. The molecular formula is C13H21N3OS. The Hall–Kier alpha value is -1.20. The number of nitrogens with zero attached hydrogens (tertiary/aromatic N) is 1. The molecule has 3 N–H and O–H groups in total. The van der Waals surface area contributed by atoms with Crippen molar-refractivity contribution in [3.8, 4) is 0 Å². The highest BCUT2D eigenvalue weighted by Gasteiger charge is 2.17. The average Bonchev–Trinajstić information content (AvgIpc) is 2.35. The molecule has 0 saturated carbocycles. The predicted molar refractivity (Wildman–Crippen MR) is 78.9 cm³/mol. The van der Waals surface area contributed by atoms with Gasteiger partial charge in [0.05, 0.1) is 17.6 Å². The highest BCUT2D eigenvalue weighted by atomic mass is 32.1. The van der Waals surface area contributed by atoms with Gasteiger partial charge in [-0.15, -0.1) is 0 Å². The lowest BCUT2D eigenvalue weighted by molar-refractivity contribution is 0.157. The topological polar surface area (TPSA) is 60.2 Å².